The van der Waals surface area contributed by atoms with Crippen LogP contribution in [0.5, 0.6) is 0 Å². The van der Waals surface area contributed by atoms with Crippen molar-refractivity contribution in [3.63, 3.8) is 0 Å². The number of hydrogen-bond acceptors (Lipinski definition) is 14. The van der Waals surface area contributed by atoms with Gasteiger partial charge in [0.25, 0.3) is 5.91 Å². The maximum absolute atomic E-state index is 15.4. The lowest BCUT2D eigenvalue weighted by atomic mass is 9.80. The number of amides is 2. The highest BCUT2D eigenvalue weighted by Crippen LogP contribution is 2.54. The van der Waals surface area contributed by atoms with Gasteiger partial charge in [-0.1, -0.05) is 26.8 Å². The van der Waals surface area contributed by atoms with Gasteiger partial charge in [-0.25, -0.2) is 20.4 Å². The molecule has 70 heavy (non-hydrogen) atoms. The third-order valence-corrected chi connectivity index (χ3v) is 17.4. The minimum absolute atomic E-state index is 0.0189. The van der Waals surface area contributed by atoms with Gasteiger partial charge in [0.05, 0.1) is 47.8 Å². The van der Waals surface area contributed by atoms with Gasteiger partial charge in [0.1, 0.15) is 23.4 Å². The second-order valence-corrected chi connectivity index (χ2v) is 22.5. The predicted molar refractivity (Wildman–Crippen MR) is 264 cm³/mol. The Labute approximate surface area is 413 Å². The zero-order chi connectivity index (χ0) is 48.6. The minimum Gasteiger partial charge on any atom is -0.464 e. The summed E-state index contributed by atoms with van der Waals surface area (Å²) in [5.41, 5.74) is 10.2. The van der Waals surface area contributed by atoms with Crippen molar-refractivity contribution in [2.75, 3.05) is 46.9 Å². The molecule has 0 radical (unpaired) electrons. The third-order valence-electron chi connectivity index (χ3n) is 16.5. The Balaban J connectivity index is 1.06. The van der Waals surface area contributed by atoms with Crippen LogP contribution in [-0.2, 0) is 30.3 Å². The summed E-state index contributed by atoms with van der Waals surface area (Å²) in [5, 5.41) is 18.7. The fraction of sp³-hybridized carbons (Fsp3) is 0.547. The molecule has 4 aromatic heterocycles. The van der Waals surface area contributed by atoms with E-state index < -0.39 is 29.5 Å². The Bertz CT molecular complexity index is 2870. The average molecular weight is 966 g/mol. The van der Waals surface area contributed by atoms with Gasteiger partial charge in [0, 0.05) is 101 Å². The summed E-state index contributed by atoms with van der Waals surface area (Å²) in [4.78, 5) is 68.1. The Morgan fingerprint density at radius 2 is 1.93 bits per heavy atom. The van der Waals surface area contributed by atoms with E-state index in [1.54, 1.807) is 24.5 Å². The number of likely N-dealkylation sites (tertiary alicyclic amines) is 2. The van der Waals surface area contributed by atoms with E-state index in [-0.39, 0.29) is 59.8 Å². The number of carbonyl (C=O) groups is 3. The molecule has 11 rings (SSSR count). The van der Waals surface area contributed by atoms with Crippen LogP contribution in [0.25, 0.3) is 33.4 Å². The average Bonchev–Trinajstić information content (AvgIpc) is 3.62. The lowest BCUT2D eigenvalue weighted by Gasteiger charge is -2.55. The van der Waals surface area contributed by atoms with Gasteiger partial charge >= 0.3 is 5.97 Å². The molecule has 8 heterocycles. The van der Waals surface area contributed by atoms with Gasteiger partial charge in [-0.05, 0) is 107 Å². The molecule has 2 saturated carbocycles. The van der Waals surface area contributed by atoms with Crippen molar-refractivity contribution in [1.82, 2.24) is 50.1 Å². The fourth-order valence-corrected chi connectivity index (χ4v) is 13.3. The Hall–Kier alpha value is -5.64. The number of hydrogen-bond donors (Lipinski definition) is 2. The topological polar surface area (TPSA) is 184 Å². The molecule has 2 aliphatic carbocycles. The normalized spacial score (nSPS) is 29.1. The van der Waals surface area contributed by atoms with E-state index >= 15 is 4.79 Å². The smallest absolute Gasteiger partial charge is 0.324 e. The first-order chi connectivity index (χ1) is 33.8. The highest BCUT2D eigenvalue weighted by Gasteiger charge is 2.57. The van der Waals surface area contributed by atoms with Crippen LogP contribution in [0, 0.1) is 34.5 Å². The Morgan fingerprint density at radius 1 is 1.10 bits per heavy atom. The molecule has 366 valence electrons. The summed E-state index contributed by atoms with van der Waals surface area (Å²) >= 11 is 1.51. The maximum Gasteiger partial charge on any atom is 0.324 e. The fourth-order valence-electron chi connectivity index (χ4n) is 12.3. The van der Waals surface area contributed by atoms with Crippen molar-refractivity contribution in [1.29, 1.82) is 5.26 Å². The number of likely N-dealkylation sites (N-methyl/N-ethyl adjacent to an activating group) is 1. The second kappa shape index (κ2) is 18.2. The number of rotatable bonds is 8. The molecular formula is C53H63N11O5S. The molecule has 7 atom stereocenters. The molecule has 1 aromatic carbocycles. The molecule has 5 aromatic rings. The SMILES string of the molecule is CO[C@@H](C)c1ncccc1-c1c2c3cc(ccc3n1C1CC(C#N)C1)-c1csc(n1)[C@@H](N1CC3(CCCN3C)C1)[C@H](NC(=O)[C@@H]1[C@@H](C)[C@H]1c1ccncn1)C(=O)N1CCC[C@H](N1)C(=O)OCC(C)(C)C2. The Morgan fingerprint density at radius 3 is 2.67 bits per heavy atom. The lowest BCUT2D eigenvalue weighted by molar-refractivity contribution is -0.156. The summed E-state index contributed by atoms with van der Waals surface area (Å²) in [5.74, 6) is -1.43. The molecule has 6 aliphatic rings. The first kappa shape index (κ1) is 46.7. The van der Waals surface area contributed by atoms with E-state index in [0.717, 1.165) is 101 Å². The number of cyclic esters (lactones) is 1. The van der Waals surface area contributed by atoms with Crippen LogP contribution in [0.4, 0.5) is 0 Å². The van der Waals surface area contributed by atoms with E-state index in [9.17, 15) is 14.9 Å². The zero-order valence-corrected chi connectivity index (χ0v) is 41.7. The van der Waals surface area contributed by atoms with Crippen molar-refractivity contribution in [2.45, 2.75) is 114 Å². The number of benzene rings is 1. The van der Waals surface area contributed by atoms with Crippen LogP contribution in [0.1, 0.15) is 112 Å². The molecule has 3 saturated heterocycles. The van der Waals surface area contributed by atoms with Crippen molar-refractivity contribution >= 4 is 40.0 Å². The number of fused-ring (bicyclic) bond motifs is 6. The number of nitriles is 1. The van der Waals surface area contributed by atoms with Gasteiger partial charge in [0.15, 0.2) is 0 Å². The minimum atomic E-state index is -1.02. The van der Waals surface area contributed by atoms with Crippen LogP contribution in [0.2, 0.25) is 0 Å². The molecule has 16 nitrogen and oxygen atoms in total. The number of aromatic nitrogens is 5. The van der Waals surface area contributed by atoms with Crippen molar-refractivity contribution in [3.05, 3.63) is 82.5 Å². The molecule has 2 N–H and O–H groups in total. The van der Waals surface area contributed by atoms with Crippen molar-refractivity contribution in [2.24, 2.45) is 23.2 Å². The summed E-state index contributed by atoms with van der Waals surface area (Å²) in [6.45, 7) is 11.3. The maximum atomic E-state index is 15.4. The van der Waals surface area contributed by atoms with Crippen molar-refractivity contribution in [3.8, 4) is 28.6 Å². The van der Waals surface area contributed by atoms with Crippen LogP contribution in [0.3, 0.4) is 0 Å². The number of hydrazine groups is 1. The molecule has 5 fully saturated rings. The number of nitrogens with zero attached hydrogens (tertiary/aromatic N) is 9. The molecule has 6 bridgehead atoms. The molecular weight excluding hydrogens is 903 g/mol. The van der Waals surface area contributed by atoms with E-state index in [2.05, 4.69) is 98.6 Å². The van der Waals surface area contributed by atoms with E-state index in [1.165, 1.54) is 17.7 Å². The molecule has 1 spiro atoms. The zero-order valence-electron chi connectivity index (χ0n) is 40.9. The quantitative estimate of drug-likeness (QED) is 0.156. The van der Waals surface area contributed by atoms with E-state index in [1.807, 2.05) is 19.1 Å². The first-order valence-electron chi connectivity index (χ1n) is 25.0. The summed E-state index contributed by atoms with van der Waals surface area (Å²) < 4.78 is 14.6. The third kappa shape index (κ3) is 8.19. The van der Waals surface area contributed by atoms with Gasteiger partial charge in [-0.15, -0.1) is 11.3 Å². The van der Waals surface area contributed by atoms with Gasteiger partial charge in [0.2, 0.25) is 5.91 Å². The Kier molecular flexibility index (Phi) is 12.1. The summed E-state index contributed by atoms with van der Waals surface area (Å²) in [6.07, 6.45) is 9.98. The van der Waals surface area contributed by atoms with E-state index in [0.29, 0.717) is 25.8 Å². The number of pyridine rings is 1. The van der Waals surface area contributed by atoms with Crippen LogP contribution >= 0.6 is 11.3 Å². The van der Waals surface area contributed by atoms with Gasteiger partial charge < -0.3 is 19.4 Å². The first-order valence-corrected chi connectivity index (χ1v) is 25.9. The van der Waals surface area contributed by atoms with Crippen LogP contribution in [0.15, 0.2) is 60.5 Å². The largest absolute Gasteiger partial charge is 0.464 e. The van der Waals surface area contributed by atoms with Crippen molar-refractivity contribution < 1.29 is 23.9 Å². The molecule has 0 unspecified atom stereocenters. The highest BCUT2D eigenvalue weighted by atomic mass is 32.1. The number of methoxy groups -OCH3 is 1. The molecule has 4 aliphatic heterocycles. The number of nitrogens with one attached hydrogen (secondary N) is 2. The number of esters is 1. The monoisotopic (exact) mass is 965 g/mol. The highest BCUT2D eigenvalue weighted by molar-refractivity contribution is 7.10. The van der Waals surface area contributed by atoms with Gasteiger partial charge in [-0.3, -0.25) is 34.2 Å². The standard InChI is InChI=1S/C53H63N11O5S/c1-30-42(38-14-17-55-29-57-38)43(30)48(65)59-45-47(62-26-53(27-62)15-9-18-61(53)5)49-58-40(25-70-49)33-12-13-41-36(22-33)37(23-52(3,4)28-69-51(67)39-11-8-19-63(60-39)50(45)66)46(64(41)34-20-32(21-34)24-54)35-10-7-16-56-44(35)31(2)68-6/h7,10,12-14,16-17,22,25,29-32,34,39,42-43,45,47,60H,8-9,11,15,18-21,23,26-28H2,1-6H3,(H,59,65)/t30-,31-,32?,34?,39-,42-,43+,45-,47-/m0/s1. The molecule has 2 amide bonds. The second-order valence-electron chi connectivity index (χ2n) is 21.7. The van der Waals surface area contributed by atoms with Crippen LogP contribution < -0.4 is 10.7 Å². The lowest BCUT2D eigenvalue weighted by Crippen LogP contribution is -2.70. The van der Waals surface area contributed by atoms with E-state index in [4.69, 9.17) is 19.4 Å². The summed E-state index contributed by atoms with van der Waals surface area (Å²) in [7, 11) is 3.88. The number of thiazole rings is 1. The van der Waals surface area contributed by atoms with Gasteiger partial charge in [-0.2, -0.15) is 5.26 Å². The number of carbonyl (C=O) groups excluding carboxylic acids is 3. The number of ether oxygens (including phenoxy) is 2. The predicted octanol–water partition coefficient (Wildman–Crippen LogP) is 6.78. The summed E-state index contributed by atoms with van der Waals surface area (Å²) in [6, 6.07) is 12.7. The van der Waals surface area contributed by atoms with Crippen LogP contribution in [-0.4, -0.2) is 122 Å². The molecule has 17 heteroatoms.